The molecule has 0 aromatic heterocycles. The van der Waals surface area contributed by atoms with Gasteiger partial charge >= 0.3 is 5.97 Å². The van der Waals surface area contributed by atoms with Gasteiger partial charge in [-0.2, -0.15) is 0 Å². The molecular weight excluding hydrogens is 232 g/mol. The molecule has 1 rings (SSSR count). The first kappa shape index (κ1) is 12.5. The maximum atomic E-state index is 11.2. The molecule has 0 amide bonds. The summed E-state index contributed by atoms with van der Waals surface area (Å²) in [6.07, 6.45) is 0.959. The van der Waals surface area contributed by atoms with Crippen LogP contribution in [0.1, 0.15) is 0 Å². The Hall–Kier alpha value is -1.60. The van der Waals surface area contributed by atoms with Crippen LogP contribution in [0.15, 0.2) is 24.3 Å². The largest absolute Gasteiger partial charge is 0.425 e. The zero-order valence-electron chi connectivity index (χ0n) is 8.64. The highest BCUT2D eigenvalue weighted by Crippen LogP contribution is 2.14. The Balaban J connectivity index is 2.52. The number of esters is 1. The molecule has 16 heavy (non-hydrogen) atoms. The SMILES string of the molecule is CS(=O)(=O)NCC(=O)Oc1cccc(N)c1. The lowest BCUT2D eigenvalue weighted by molar-refractivity contribution is -0.133. The average Bonchev–Trinajstić information content (AvgIpc) is 2.14. The van der Waals surface area contributed by atoms with E-state index in [1.165, 1.54) is 6.07 Å². The number of nitrogen functional groups attached to an aromatic ring is 1. The molecule has 0 unspecified atom stereocenters. The minimum atomic E-state index is -3.40. The molecule has 0 radical (unpaired) electrons. The second kappa shape index (κ2) is 4.95. The molecule has 1 aromatic rings. The summed E-state index contributed by atoms with van der Waals surface area (Å²) in [4.78, 5) is 11.2. The summed E-state index contributed by atoms with van der Waals surface area (Å²) in [5, 5.41) is 0. The van der Waals surface area contributed by atoms with Gasteiger partial charge in [-0.05, 0) is 12.1 Å². The predicted molar refractivity (Wildman–Crippen MR) is 59.3 cm³/mol. The van der Waals surface area contributed by atoms with Crippen molar-refractivity contribution in [2.24, 2.45) is 0 Å². The fourth-order valence-corrected chi connectivity index (χ4v) is 1.32. The van der Waals surface area contributed by atoms with Gasteiger partial charge in [0.05, 0.1) is 6.26 Å². The normalized spacial score (nSPS) is 11.1. The summed E-state index contributed by atoms with van der Waals surface area (Å²) < 4.78 is 28.3. The quantitative estimate of drug-likeness (QED) is 0.431. The summed E-state index contributed by atoms with van der Waals surface area (Å²) in [5.74, 6) is -0.420. The fourth-order valence-electron chi connectivity index (χ4n) is 0.936. The molecule has 7 heteroatoms. The summed E-state index contributed by atoms with van der Waals surface area (Å²) in [7, 11) is -3.40. The molecule has 6 nitrogen and oxygen atoms in total. The first-order valence-corrected chi connectivity index (χ1v) is 6.27. The van der Waals surface area contributed by atoms with E-state index in [-0.39, 0.29) is 5.75 Å². The Kier molecular flexibility index (Phi) is 3.86. The van der Waals surface area contributed by atoms with Gasteiger partial charge in [0.2, 0.25) is 10.0 Å². The van der Waals surface area contributed by atoms with Crippen molar-refractivity contribution in [2.75, 3.05) is 18.5 Å². The zero-order valence-corrected chi connectivity index (χ0v) is 9.45. The van der Waals surface area contributed by atoms with E-state index in [1.54, 1.807) is 18.2 Å². The Morgan fingerprint density at radius 2 is 2.19 bits per heavy atom. The van der Waals surface area contributed by atoms with Crippen molar-refractivity contribution >= 4 is 21.7 Å². The van der Waals surface area contributed by atoms with Crippen LogP contribution in [-0.2, 0) is 14.8 Å². The maximum Gasteiger partial charge on any atom is 0.326 e. The van der Waals surface area contributed by atoms with Gasteiger partial charge in [0, 0.05) is 11.8 Å². The lowest BCUT2D eigenvalue weighted by Crippen LogP contribution is -2.30. The third kappa shape index (κ3) is 4.76. The number of nitrogens with one attached hydrogen (secondary N) is 1. The summed E-state index contributed by atoms with van der Waals surface area (Å²) >= 11 is 0. The van der Waals surface area contributed by atoms with Crippen molar-refractivity contribution in [3.8, 4) is 5.75 Å². The summed E-state index contributed by atoms with van der Waals surface area (Å²) in [6.45, 7) is -0.409. The van der Waals surface area contributed by atoms with E-state index >= 15 is 0 Å². The van der Waals surface area contributed by atoms with Crippen molar-refractivity contribution in [3.63, 3.8) is 0 Å². The van der Waals surface area contributed by atoms with Crippen LogP contribution < -0.4 is 15.2 Å². The molecule has 0 atom stereocenters. The number of nitrogens with two attached hydrogens (primary N) is 1. The number of carbonyl (C=O) groups is 1. The van der Waals surface area contributed by atoms with E-state index < -0.39 is 22.5 Å². The number of anilines is 1. The average molecular weight is 244 g/mol. The van der Waals surface area contributed by atoms with Crippen LogP contribution in [0.4, 0.5) is 5.69 Å². The van der Waals surface area contributed by atoms with Gasteiger partial charge in [-0.25, -0.2) is 13.1 Å². The molecule has 0 aliphatic heterocycles. The van der Waals surface area contributed by atoms with Crippen LogP contribution in [-0.4, -0.2) is 27.2 Å². The molecule has 1 aromatic carbocycles. The van der Waals surface area contributed by atoms with E-state index in [4.69, 9.17) is 10.5 Å². The predicted octanol–water partition coefficient (Wildman–Crippen LogP) is -0.277. The Labute approximate surface area is 93.5 Å². The molecular formula is C9H12N2O4S. The highest BCUT2D eigenvalue weighted by Gasteiger charge is 2.08. The minimum absolute atomic E-state index is 0.278. The van der Waals surface area contributed by atoms with Crippen LogP contribution in [0.5, 0.6) is 5.75 Å². The monoisotopic (exact) mass is 244 g/mol. The Morgan fingerprint density at radius 3 is 2.75 bits per heavy atom. The molecule has 0 aliphatic carbocycles. The highest BCUT2D eigenvalue weighted by molar-refractivity contribution is 7.88. The van der Waals surface area contributed by atoms with Crippen LogP contribution in [0.25, 0.3) is 0 Å². The van der Waals surface area contributed by atoms with E-state index in [2.05, 4.69) is 0 Å². The molecule has 0 aliphatic rings. The molecule has 0 bridgehead atoms. The van der Waals surface area contributed by atoms with Gasteiger partial charge in [0.1, 0.15) is 12.3 Å². The van der Waals surface area contributed by atoms with Crippen LogP contribution in [0, 0.1) is 0 Å². The number of hydrogen-bond donors (Lipinski definition) is 2. The van der Waals surface area contributed by atoms with Gasteiger partial charge in [-0.3, -0.25) is 4.79 Å². The second-order valence-corrected chi connectivity index (χ2v) is 4.97. The maximum absolute atomic E-state index is 11.2. The summed E-state index contributed by atoms with van der Waals surface area (Å²) in [5.41, 5.74) is 5.93. The highest BCUT2D eigenvalue weighted by atomic mass is 32.2. The molecule has 0 spiro atoms. The van der Waals surface area contributed by atoms with E-state index in [9.17, 15) is 13.2 Å². The molecule has 0 saturated carbocycles. The van der Waals surface area contributed by atoms with E-state index in [0.717, 1.165) is 6.26 Å². The van der Waals surface area contributed by atoms with Crippen molar-refractivity contribution in [2.45, 2.75) is 0 Å². The molecule has 0 saturated heterocycles. The molecule has 0 fully saturated rings. The topological polar surface area (TPSA) is 98.5 Å². The Morgan fingerprint density at radius 1 is 1.50 bits per heavy atom. The van der Waals surface area contributed by atoms with E-state index in [0.29, 0.717) is 5.69 Å². The van der Waals surface area contributed by atoms with Gasteiger partial charge < -0.3 is 10.5 Å². The number of carbonyl (C=O) groups excluding carboxylic acids is 1. The van der Waals surface area contributed by atoms with Crippen LogP contribution in [0.3, 0.4) is 0 Å². The van der Waals surface area contributed by atoms with Crippen molar-refractivity contribution in [1.82, 2.24) is 4.72 Å². The number of benzene rings is 1. The van der Waals surface area contributed by atoms with Crippen LogP contribution >= 0.6 is 0 Å². The number of rotatable bonds is 4. The van der Waals surface area contributed by atoms with Gasteiger partial charge in [-0.15, -0.1) is 0 Å². The number of hydrogen-bond acceptors (Lipinski definition) is 5. The lowest BCUT2D eigenvalue weighted by Gasteiger charge is -2.05. The third-order valence-corrected chi connectivity index (χ3v) is 2.24. The zero-order chi connectivity index (χ0) is 12.2. The van der Waals surface area contributed by atoms with Crippen molar-refractivity contribution < 1.29 is 17.9 Å². The number of sulfonamides is 1. The number of ether oxygens (including phenoxy) is 1. The van der Waals surface area contributed by atoms with Gasteiger partial charge in [0.15, 0.2) is 0 Å². The van der Waals surface area contributed by atoms with E-state index in [1.807, 2.05) is 4.72 Å². The van der Waals surface area contributed by atoms with Crippen molar-refractivity contribution in [3.05, 3.63) is 24.3 Å². The lowest BCUT2D eigenvalue weighted by atomic mass is 10.3. The summed E-state index contributed by atoms with van der Waals surface area (Å²) in [6, 6.07) is 6.29. The first-order chi connectivity index (χ1) is 7.37. The Bertz CT molecular complexity index is 484. The standard InChI is InChI=1S/C9H12N2O4S/c1-16(13,14)11-6-9(12)15-8-4-2-3-7(10)5-8/h2-5,11H,6,10H2,1H3. The fraction of sp³-hybridized carbons (Fsp3) is 0.222. The molecule has 3 N–H and O–H groups in total. The first-order valence-electron chi connectivity index (χ1n) is 4.38. The smallest absolute Gasteiger partial charge is 0.326 e. The van der Waals surface area contributed by atoms with Gasteiger partial charge in [0.25, 0.3) is 0 Å². The van der Waals surface area contributed by atoms with Gasteiger partial charge in [-0.1, -0.05) is 6.07 Å². The molecule has 0 heterocycles. The minimum Gasteiger partial charge on any atom is -0.425 e. The second-order valence-electron chi connectivity index (χ2n) is 3.14. The van der Waals surface area contributed by atoms with Crippen LogP contribution in [0.2, 0.25) is 0 Å². The van der Waals surface area contributed by atoms with Crippen molar-refractivity contribution in [1.29, 1.82) is 0 Å². The third-order valence-electron chi connectivity index (χ3n) is 1.57. The molecule has 88 valence electrons.